The van der Waals surface area contributed by atoms with Crippen molar-refractivity contribution in [3.63, 3.8) is 0 Å². The summed E-state index contributed by atoms with van der Waals surface area (Å²) in [5, 5.41) is 32.1. The minimum absolute atomic E-state index is 0.0558. The van der Waals surface area contributed by atoms with Gasteiger partial charge in [0.15, 0.2) is 29.0 Å². The topological polar surface area (TPSA) is 68.8 Å². The summed E-state index contributed by atoms with van der Waals surface area (Å²) >= 11 is 2.47. The van der Waals surface area contributed by atoms with Crippen LogP contribution in [0.1, 0.15) is 135 Å². The highest BCUT2D eigenvalue weighted by atomic mass is 32.1. The molecule has 77 heavy (non-hydrogen) atoms. The molecule has 0 saturated carbocycles. The third-order valence-corrected chi connectivity index (χ3v) is 17.1. The highest BCUT2D eigenvalue weighted by Crippen LogP contribution is 2.49. The maximum absolute atomic E-state index is 15.2. The Morgan fingerprint density at radius 3 is 1.58 bits per heavy atom. The summed E-state index contributed by atoms with van der Waals surface area (Å²) in [6.07, 6.45) is 5.06. The number of hydrogen-bond acceptors (Lipinski definition) is 6. The molecule has 0 spiro atoms. The monoisotopic (exact) mass is 1080 g/mol. The second-order valence-corrected chi connectivity index (χ2v) is 25.5. The van der Waals surface area contributed by atoms with E-state index in [0.29, 0.717) is 39.5 Å². The minimum atomic E-state index is -1.09. The van der Waals surface area contributed by atoms with Crippen LogP contribution in [-0.2, 0) is 27.4 Å². The van der Waals surface area contributed by atoms with Gasteiger partial charge in [-0.25, -0.2) is 17.6 Å². The molecule has 1 aliphatic carbocycles. The van der Waals surface area contributed by atoms with Gasteiger partial charge < -0.3 is 28.8 Å². The Morgan fingerprint density at radius 1 is 0.571 bits per heavy atom. The third kappa shape index (κ3) is 10.3. The molecule has 4 heterocycles. The summed E-state index contributed by atoms with van der Waals surface area (Å²) in [5.74, 6) is -4.17. The molecule has 0 bridgehead atoms. The molecule has 0 aliphatic heterocycles. The van der Waals surface area contributed by atoms with Crippen LogP contribution in [0.15, 0.2) is 113 Å². The predicted octanol–water partition coefficient (Wildman–Crippen LogP) is 19.2. The number of rotatable bonds is 15. The lowest BCUT2D eigenvalue weighted by atomic mass is 9.85. The van der Waals surface area contributed by atoms with Gasteiger partial charge in [0.25, 0.3) is 0 Å². The highest BCUT2D eigenvalue weighted by molar-refractivity contribution is 7.14. The van der Waals surface area contributed by atoms with Crippen LogP contribution in [0, 0.1) is 11.6 Å². The van der Waals surface area contributed by atoms with Crippen molar-refractivity contribution in [2.45, 2.75) is 137 Å². The van der Waals surface area contributed by atoms with Crippen molar-refractivity contribution >= 4 is 71.9 Å². The van der Waals surface area contributed by atoms with Crippen molar-refractivity contribution < 1.29 is 37.2 Å². The normalized spacial score (nSPS) is 14.8. The molecule has 6 nitrogen and oxygen atoms in total. The Hall–Kier alpha value is -6.34. The van der Waals surface area contributed by atoms with Crippen LogP contribution in [0.3, 0.4) is 0 Å². The van der Waals surface area contributed by atoms with Crippen LogP contribution in [-0.4, -0.2) is 38.7 Å². The predicted molar refractivity (Wildman–Crippen MR) is 312 cm³/mol. The van der Waals surface area contributed by atoms with E-state index in [9.17, 15) is 10.2 Å². The van der Waals surface area contributed by atoms with E-state index in [1.54, 1.807) is 0 Å². The molecule has 0 radical (unpaired) electrons. The molecular weight excluding hydrogens is 1010 g/mol. The lowest BCUT2D eigenvalue weighted by Crippen LogP contribution is -2.19. The number of allylic oxidation sites excluding steroid dienone is 2. The molecule has 402 valence electrons. The molecule has 4 aromatic heterocycles. The molecule has 1 aliphatic rings. The average molecular weight is 1080 g/mol. The summed E-state index contributed by atoms with van der Waals surface area (Å²) in [4.78, 5) is 0.713. The molecule has 12 heteroatoms. The van der Waals surface area contributed by atoms with Gasteiger partial charge in [0, 0.05) is 62.5 Å². The van der Waals surface area contributed by atoms with E-state index in [0.717, 1.165) is 87.5 Å². The zero-order chi connectivity index (χ0) is 54.9. The van der Waals surface area contributed by atoms with Gasteiger partial charge >= 0.3 is 0 Å². The smallest absolute Gasteiger partial charge is 0.162 e. The van der Waals surface area contributed by atoms with E-state index < -0.39 is 29.4 Å². The zero-order valence-corrected chi connectivity index (χ0v) is 47.3. The highest BCUT2D eigenvalue weighted by Gasteiger charge is 2.31. The van der Waals surface area contributed by atoms with Crippen LogP contribution in [0.4, 0.5) is 17.6 Å². The van der Waals surface area contributed by atoms with Crippen LogP contribution in [0.25, 0.3) is 71.0 Å². The van der Waals surface area contributed by atoms with E-state index >= 15 is 17.6 Å². The van der Waals surface area contributed by atoms with Gasteiger partial charge in [-0.1, -0.05) is 106 Å². The van der Waals surface area contributed by atoms with Crippen molar-refractivity contribution in [1.82, 2.24) is 9.13 Å². The first-order chi connectivity index (χ1) is 36.5. The number of thiophene rings is 2. The lowest BCUT2D eigenvalue weighted by Gasteiger charge is -2.23. The first-order valence-electron chi connectivity index (χ1n) is 26.8. The number of aryl methyl sites for hydroxylation is 1. The number of aromatic nitrogens is 2. The quantitative estimate of drug-likeness (QED) is 0.0793. The van der Waals surface area contributed by atoms with E-state index in [1.165, 1.54) is 44.9 Å². The summed E-state index contributed by atoms with van der Waals surface area (Å²) in [6, 6.07) is 27.9. The van der Waals surface area contributed by atoms with Crippen molar-refractivity contribution in [3.05, 3.63) is 152 Å². The summed E-state index contributed by atoms with van der Waals surface area (Å²) < 4.78 is 76.9. The molecule has 9 aromatic rings. The van der Waals surface area contributed by atoms with Crippen molar-refractivity contribution in [2.75, 3.05) is 13.2 Å². The average Bonchev–Trinajstić information content (AvgIpc) is 4.32. The van der Waals surface area contributed by atoms with Crippen molar-refractivity contribution in [3.8, 4) is 39.1 Å². The third-order valence-electron chi connectivity index (χ3n) is 15.1. The van der Waals surface area contributed by atoms with Crippen LogP contribution in [0.2, 0.25) is 0 Å². The fourth-order valence-corrected chi connectivity index (χ4v) is 12.6. The first-order valence-corrected chi connectivity index (χ1v) is 28.6. The number of aromatic hydroxyl groups is 2. The Balaban J connectivity index is 0.872. The number of hydrogen-bond donors (Lipinski definition) is 2. The zero-order valence-electron chi connectivity index (χ0n) is 45.7. The van der Waals surface area contributed by atoms with Gasteiger partial charge in [0.05, 0.1) is 55.9 Å². The van der Waals surface area contributed by atoms with Crippen LogP contribution in [0.5, 0.6) is 17.2 Å². The fraction of sp³-hybridized carbons (Fsp3) is 0.354. The summed E-state index contributed by atoms with van der Waals surface area (Å²) in [6.45, 7) is 22.1. The Labute approximate surface area is 456 Å². The van der Waals surface area contributed by atoms with Crippen LogP contribution >= 0.6 is 22.7 Å². The molecule has 1 unspecified atom stereocenters. The maximum Gasteiger partial charge on any atom is 0.162 e. The molecule has 2 N–H and O–H groups in total. The number of ether oxygens (including phenoxy) is 2. The number of unbranched alkanes of at least 4 members (excludes halogenated alkanes) is 3. The largest absolute Gasteiger partial charge is 0.504 e. The molecule has 0 saturated heterocycles. The number of halogens is 4. The van der Waals surface area contributed by atoms with E-state index in [1.807, 2.05) is 19.9 Å². The Kier molecular flexibility index (Phi) is 14.6. The molecular formula is C65H68F4N2O4S2. The molecule has 0 fully saturated rings. The van der Waals surface area contributed by atoms with Gasteiger partial charge in [-0.2, -0.15) is 0 Å². The summed E-state index contributed by atoms with van der Waals surface area (Å²) in [7, 11) is 0. The van der Waals surface area contributed by atoms with Gasteiger partial charge in [-0.05, 0) is 125 Å². The Morgan fingerprint density at radius 2 is 1.05 bits per heavy atom. The van der Waals surface area contributed by atoms with Crippen molar-refractivity contribution in [2.24, 2.45) is 0 Å². The number of benzene rings is 5. The molecule has 5 aromatic carbocycles. The maximum atomic E-state index is 15.2. The lowest BCUT2D eigenvalue weighted by molar-refractivity contribution is 0.0809. The van der Waals surface area contributed by atoms with Gasteiger partial charge in [0.1, 0.15) is 11.6 Å². The van der Waals surface area contributed by atoms with Crippen LogP contribution < -0.4 is 4.74 Å². The number of nitrogens with zero attached hydrogens (tertiary/aromatic N) is 2. The number of fused-ring (bicyclic) bond motifs is 6. The van der Waals surface area contributed by atoms with Gasteiger partial charge in [-0.3, -0.25) is 0 Å². The second kappa shape index (κ2) is 20.8. The van der Waals surface area contributed by atoms with Gasteiger partial charge in [0.2, 0.25) is 0 Å². The second-order valence-electron chi connectivity index (χ2n) is 23.8. The SMILES string of the molecule is CCCCCc1ccc2c(c1)c1cc(C(C)(C)C)ccc1n2-c1csc(-c2cc(F)c(F)cc2OCCCCOC2CC(F)=C(F)C=C2c2scc(-n3c4ccc(C(C)(C)C)cc4c4cc(C(C)(C)C)ccc43)c2O)c1O. The Bertz CT molecular complexity index is 3720. The minimum Gasteiger partial charge on any atom is -0.504 e. The fourth-order valence-electron chi connectivity index (χ4n) is 10.6. The summed E-state index contributed by atoms with van der Waals surface area (Å²) in [5.41, 5.74) is 9.80. The van der Waals surface area contributed by atoms with E-state index in [4.69, 9.17) is 9.47 Å². The molecule has 0 amide bonds. The van der Waals surface area contributed by atoms with E-state index in [-0.39, 0.29) is 58.7 Å². The standard InChI is InChI=1S/C65H68F4N2O4S2/c1-11-12-13-16-37-17-21-51-41(27-37)42-28-38(63(2,3)4)18-22-52(42)70(51)55-35-76-61(59(55)72)45-31-47(66)49(68)33-57(45)74-25-14-15-26-75-58-34-50(69)48(67)32-46(58)62-60(73)56(36-77-62)71-53-23-19-39(64(5,6)7)29-43(53)44-30-40(65(8,9)10)20-24-54(44)71/h17-24,27-33,35-36,58,72-73H,11-16,25-26,34H2,1-10H3. The first kappa shape index (κ1) is 54.0. The molecule has 1 atom stereocenters. The van der Waals surface area contributed by atoms with Gasteiger partial charge in [-0.15, -0.1) is 22.7 Å². The van der Waals surface area contributed by atoms with E-state index in [2.05, 4.69) is 142 Å². The van der Waals surface area contributed by atoms with Crippen molar-refractivity contribution in [1.29, 1.82) is 0 Å². The molecule has 10 rings (SSSR count).